The van der Waals surface area contributed by atoms with E-state index in [1.807, 2.05) is 13.8 Å². The molecule has 16 heavy (non-hydrogen) atoms. The van der Waals surface area contributed by atoms with E-state index >= 15 is 0 Å². The molecule has 6 heteroatoms. The number of thioether (sulfide) groups is 1. The average molecular weight is 251 g/mol. The maximum Gasteiger partial charge on any atom is 0.323 e. The highest BCUT2D eigenvalue weighted by molar-refractivity contribution is 7.99. The predicted molar refractivity (Wildman–Crippen MR) is 64.5 cm³/mol. The van der Waals surface area contributed by atoms with Crippen molar-refractivity contribution in [2.45, 2.75) is 32.0 Å². The topological polar surface area (TPSA) is 78.8 Å². The first kappa shape index (κ1) is 15.7. The van der Waals surface area contributed by atoms with Gasteiger partial charge in [0.15, 0.2) is 0 Å². The van der Waals surface area contributed by atoms with E-state index in [9.17, 15) is 4.79 Å². The van der Waals surface area contributed by atoms with Crippen LogP contribution in [0.4, 0.5) is 0 Å². The SMILES string of the molecule is COC(=O)C(CSCC(O)CO)NC(C)C. The molecule has 0 aliphatic rings. The highest BCUT2D eigenvalue weighted by Crippen LogP contribution is 2.07. The van der Waals surface area contributed by atoms with Crippen molar-refractivity contribution in [1.82, 2.24) is 5.32 Å². The fraction of sp³-hybridized carbons (Fsp3) is 0.900. The molecule has 0 heterocycles. The number of aliphatic hydroxyl groups is 2. The van der Waals surface area contributed by atoms with E-state index in [0.717, 1.165) is 0 Å². The molecule has 0 bridgehead atoms. The van der Waals surface area contributed by atoms with E-state index < -0.39 is 6.10 Å². The van der Waals surface area contributed by atoms with Crippen molar-refractivity contribution >= 4 is 17.7 Å². The number of esters is 1. The number of rotatable bonds is 8. The molecule has 0 radical (unpaired) electrons. The van der Waals surface area contributed by atoms with Crippen LogP contribution in [0.25, 0.3) is 0 Å². The van der Waals surface area contributed by atoms with Gasteiger partial charge < -0.3 is 20.3 Å². The highest BCUT2D eigenvalue weighted by atomic mass is 32.2. The molecule has 0 saturated heterocycles. The van der Waals surface area contributed by atoms with Crippen molar-refractivity contribution in [3.8, 4) is 0 Å². The first-order valence-electron chi connectivity index (χ1n) is 5.21. The smallest absolute Gasteiger partial charge is 0.323 e. The lowest BCUT2D eigenvalue weighted by atomic mass is 10.3. The quantitative estimate of drug-likeness (QED) is 0.510. The van der Waals surface area contributed by atoms with Gasteiger partial charge in [0, 0.05) is 17.5 Å². The zero-order chi connectivity index (χ0) is 12.6. The molecule has 0 amide bonds. The van der Waals surface area contributed by atoms with E-state index in [1.165, 1.54) is 18.9 Å². The Kier molecular flexibility index (Phi) is 8.64. The van der Waals surface area contributed by atoms with Crippen LogP contribution >= 0.6 is 11.8 Å². The van der Waals surface area contributed by atoms with E-state index in [1.54, 1.807) is 0 Å². The highest BCUT2D eigenvalue weighted by Gasteiger charge is 2.19. The molecular formula is C10H21NO4S. The van der Waals surface area contributed by atoms with E-state index in [-0.39, 0.29) is 24.7 Å². The molecule has 0 aromatic heterocycles. The predicted octanol–water partition coefficient (Wildman–Crippen LogP) is -0.388. The molecule has 0 fully saturated rings. The Labute approximate surface area is 101 Å². The van der Waals surface area contributed by atoms with Crippen LogP contribution in [0.2, 0.25) is 0 Å². The van der Waals surface area contributed by atoms with Crippen molar-refractivity contribution in [2.24, 2.45) is 0 Å². The van der Waals surface area contributed by atoms with E-state index in [4.69, 9.17) is 10.2 Å². The van der Waals surface area contributed by atoms with Crippen molar-refractivity contribution in [3.63, 3.8) is 0 Å². The summed E-state index contributed by atoms with van der Waals surface area (Å²) in [5.74, 6) is 0.616. The Morgan fingerprint density at radius 1 is 1.44 bits per heavy atom. The molecule has 0 aliphatic carbocycles. The van der Waals surface area contributed by atoms with Crippen LogP contribution in [0, 0.1) is 0 Å². The Bertz CT molecular complexity index is 201. The van der Waals surface area contributed by atoms with Gasteiger partial charge in [-0.15, -0.1) is 0 Å². The van der Waals surface area contributed by atoms with Crippen LogP contribution in [0.1, 0.15) is 13.8 Å². The molecule has 0 aromatic carbocycles. The van der Waals surface area contributed by atoms with Crippen LogP contribution < -0.4 is 5.32 Å². The maximum absolute atomic E-state index is 11.4. The number of carbonyl (C=O) groups excluding carboxylic acids is 1. The van der Waals surface area contributed by atoms with Gasteiger partial charge in [0.25, 0.3) is 0 Å². The molecule has 0 saturated carbocycles. The first-order chi connectivity index (χ1) is 7.51. The number of nitrogens with one attached hydrogen (secondary N) is 1. The van der Waals surface area contributed by atoms with E-state index in [0.29, 0.717) is 11.5 Å². The molecule has 96 valence electrons. The minimum absolute atomic E-state index is 0.187. The summed E-state index contributed by atoms with van der Waals surface area (Å²) in [6.45, 7) is 3.64. The Morgan fingerprint density at radius 2 is 2.06 bits per heavy atom. The van der Waals surface area contributed by atoms with Crippen molar-refractivity contribution in [1.29, 1.82) is 0 Å². The summed E-state index contributed by atoms with van der Waals surface area (Å²) >= 11 is 1.41. The van der Waals surface area contributed by atoms with Gasteiger partial charge in [0.1, 0.15) is 6.04 Å². The first-order valence-corrected chi connectivity index (χ1v) is 6.37. The zero-order valence-electron chi connectivity index (χ0n) is 9.97. The van der Waals surface area contributed by atoms with Gasteiger partial charge in [-0.3, -0.25) is 4.79 Å². The molecule has 0 rings (SSSR count). The number of carbonyl (C=O) groups is 1. The lowest BCUT2D eigenvalue weighted by Gasteiger charge is -2.19. The van der Waals surface area contributed by atoms with Crippen molar-refractivity contribution in [2.75, 3.05) is 25.2 Å². The summed E-state index contributed by atoms with van der Waals surface area (Å²) in [6.07, 6.45) is -0.734. The number of aliphatic hydroxyl groups excluding tert-OH is 2. The summed E-state index contributed by atoms with van der Waals surface area (Å²) in [4.78, 5) is 11.4. The number of ether oxygens (including phenoxy) is 1. The average Bonchev–Trinajstić information content (AvgIpc) is 2.25. The van der Waals surface area contributed by atoms with Gasteiger partial charge in [-0.05, 0) is 0 Å². The molecule has 0 aromatic rings. The second kappa shape index (κ2) is 8.81. The molecular weight excluding hydrogens is 230 g/mol. The van der Waals surface area contributed by atoms with Crippen LogP contribution in [0.15, 0.2) is 0 Å². The Morgan fingerprint density at radius 3 is 2.50 bits per heavy atom. The molecule has 2 atom stereocenters. The molecule has 5 nitrogen and oxygen atoms in total. The molecule has 0 aliphatic heterocycles. The van der Waals surface area contributed by atoms with Gasteiger partial charge in [-0.2, -0.15) is 11.8 Å². The second-order valence-corrected chi connectivity index (χ2v) is 4.85. The maximum atomic E-state index is 11.4. The lowest BCUT2D eigenvalue weighted by Crippen LogP contribution is -2.43. The largest absolute Gasteiger partial charge is 0.468 e. The third kappa shape index (κ3) is 7.05. The summed E-state index contributed by atoms with van der Waals surface area (Å²) in [5, 5.41) is 20.9. The third-order valence-corrected chi connectivity index (χ3v) is 3.02. The van der Waals surface area contributed by atoms with E-state index in [2.05, 4.69) is 10.1 Å². The van der Waals surface area contributed by atoms with Crippen molar-refractivity contribution < 1.29 is 19.7 Å². The van der Waals surface area contributed by atoms with Crippen LogP contribution in [0.3, 0.4) is 0 Å². The van der Waals surface area contributed by atoms with Gasteiger partial charge in [0.2, 0.25) is 0 Å². The third-order valence-electron chi connectivity index (χ3n) is 1.83. The van der Waals surface area contributed by atoms with Gasteiger partial charge >= 0.3 is 5.97 Å². The van der Waals surface area contributed by atoms with Crippen molar-refractivity contribution in [3.05, 3.63) is 0 Å². The van der Waals surface area contributed by atoms with Crippen LogP contribution in [0.5, 0.6) is 0 Å². The zero-order valence-corrected chi connectivity index (χ0v) is 10.8. The summed E-state index contributed by atoms with van der Waals surface area (Å²) < 4.78 is 4.67. The number of methoxy groups -OCH3 is 1. The summed E-state index contributed by atoms with van der Waals surface area (Å²) in [6, 6.07) is -0.187. The molecule has 3 N–H and O–H groups in total. The standard InChI is InChI=1S/C10H21NO4S/c1-7(2)11-9(10(14)15-3)6-16-5-8(13)4-12/h7-9,11-13H,4-6H2,1-3H3. The Balaban J connectivity index is 3.97. The normalized spacial score (nSPS) is 14.9. The second-order valence-electron chi connectivity index (χ2n) is 3.77. The van der Waals surface area contributed by atoms with Gasteiger partial charge in [-0.25, -0.2) is 0 Å². The monoisotopic (exact) mass is 251 g/mol. The molecule has 2 unspecified atom stereocenters. The summed E-state index contributed by atoms with van der Waals surface area (Å²) in [5.41, 5.74) is 0. The fourth-order valence-electron chi connectivity index (χ4n) is 1.10. The van der Waals surface area contributed by atoms with Crippen LogP contribution in [-0.2, 0) is 9.53 Å². The number of hydrogen-bond donors (Lipinski definition) is 3. The fourth-order valence-corrected chi connectivity index (χ4v) is 2.09. The minimum Gasteiger partial charge on any atom is -0.468 e. The van der Waals surface area contributed by atoms with Gasteiger partial charge in [-0.1, -0.05) is 13.8 Å². The molecule has 0 spiro atoms. The number of hydrogen-bond acceptors (Lipinski definition) is 6. The Hall–Kier alpha value is -0.300. The van der Waals surface area contributed by atoms with Crippen LogP contribution in [-0.4, -0.2) is 59.6 Å². The van der Waals surface area contributed by atoms with Gasteiger partial charge in [0.05, 0.1) is 19.8 Å². The lowest BCUT2D eigenvalue weighted by molar-refractivity contribution is -0.142. The summed E-state index contributed by atoms with van der Waals surface area (Å²) in [7, 11) is 1.35. The minimum atomic E-state index is -0.734.